The minimum atomic E-state index is -4.57. The summed E-state index contributed by atoms with van der Waals surface area (Å²) in [5.74, 6) is -0.704. The third-order valence-corrected chi connectivity index (χ3v) is 4.79. The van der Waals surface area contributed by atoms with Gasteiger partial charge in [0.1, 0.15) is 0 Å². The summed E-state index contributed by atoms with van der Waals surface area (Å²) in [5.41, 5.74) is -0.335. The largest absolute Gasteiger partial charge is 0.466 e. The number of allylic oxidation sites excluding steroid dienone is 1. The van der Waals surface area contributed by atoms with E-state index in [1.54, 1.807) is 11.8 Å². The molecule has 0 unspecified atom stereocenters. The Hall–Kier alpha value is -2.13. The Kier molecular flexibility index (Phi) is 7.42. The van der Waals surface area contributed by atoms with E-state index < -0.39 is 23.8 Å². The first-order valence-corrected chi connectivity index (χ1v) is 9.24. The van der Waals surface area contributed by atoms with Crippen LogP contribution in [0.25, 0.3) is 0 Å². The summed E-state index contributed by atoms with van der Waals surface area (Å²) >= 11 is 5.38. The summed E-state index contributed by atoms with van der Waals surface area (Å²) in [5, 5.41) is 3.14. The normalized spacial score (nSPS) is 17.6. The van der Waals surface area contributed by atoms with Gasteiger partial charge in [0.2, 0.25) is 0 Å². The summed E-state index contributed by atoms with van der Waals surface area (Å²) in [4.78, 5) is 14.1. The molecule has 2 rings (SSSR count). The van der Waals surface area contributed by atoms with Crippen molar-refractivity contribution in [2.75, 3.05) is 26.9 Å². The summed E-state index contributed by atoms with van der Waals surface area (Å²) in [6, 6.07) is 4.07. The van der Waals surface area contributed by atoms with Gasteiger partial charge in [-0.1, -0.05) is 18.2 Å². The average molecular weight is 416 g/mol. The third-order valence-electron chi connectivity index (χ3n) is 4.45. The molecule has 1 aliphatic rings. The first-order valence-electron chi connectivity index (χ1n) is 8.83. The Bertz CT molecular complexity index is 765. The fraction of sp³-hybridized carbons (Fsp3) is 0.474. The molecule has 28 heavy (non-hydrogen) atoms. The molecule has 1 N–H and O–H groups in total. The van der Waals surface area contributed by atoms with Gasteiger partial charge < -0.3 is 19.7 Å². The minimum absolute atomic E-state index is 0.0777. The highest BCUT2D eigenvalue weighted by Gasteiger charge is 2.40. The number of halogens is 3. The molecule has 0 spiro atoms. The van der Waals surface area contributed by atoms with Gasteiger partial charge in [0.05, 0.1) is 24.3 Å². The van der Waals surface area contributed by atoms with Crippen molar-refractivity contribution in [3.8, 4) is 0 Å². The van der Waals surface area contributed by atoms with Crippen molar-refractivity contribution in [3.63, 3.8) is 0 Å². The molecular weight excluding hydrogens is 393 g/mol. The van der Waals surface area contributed by atoms with Crippen LogP contribution in [-0.4, -0.2) is 42.8 Å². The van der Waals surface area contributed by atoms with Crippen molar-refractivity contribution in [3.05, 3.63) is 46.7 Å². The summed E-state index contributed by atoms with van der Waals surface area (Å²) < 4.78 is 50.7. The molecule has 1 atom stereocenters. The lowest BCUT2D eigenvalue weighted by molar-refractivity contribution is -0.140. The summed E-state index contributed by atoms with van der Waals surface area (Å²) in [6.07, 6.45) is -3.92. The van der Waals surface area contributed by atoms with E-state index in [9.17, 15) is 18.0 Å². The van der Waals surface area contributed by atoms with Crippen LogP contribution in [-0.2, 0) is 20.4 Å². The number of thiocarbonyl (C=S) groups is 1. The number of alkyl halides is 3. The molecule has 0 aromatic heterocycles. The van der Waals surface area contributed by atoms with Crippen molar-refractivity contribution in [2.45, 2.75) is 32.5 Å². The Labute approximate surface area is 167 Å². The molecule has 0 aliphatic carbocycles. The van der Waals surface area contributed by atoms with Crippen LogP contribution in [0.3, 0.4) is 0 Å². The first kappa shape index (κ1) is 22.2. The molecule has 154 valence electrons. The second kappa shape index (κ2) is 9.38. The monoisotopic (exact) mass is 416 g/mol. The molecule has 0 saturated heterocycles. The maximum atomic E-state index is 13.5. The maximum absolute atomic E-state index is 13.5. The number of hydrogen-bond donors (Lipinski definition) is 1. The maximum Gasteiger partial charge on any atom is 0.416 e. The Morgan fingerprint density at radius 3 is 2.61 bits per heavy atom. The van der Waals surface area contributed by atoms with Crippen molar-refractivity contribution >= 4 is 23.3 Å². The summed E-state index contributed by atoms with van der Waals surface area (Å²) in [7, 11) is 1.20. The van der Waals surface area contributed by atoms with Crippen LogP contribution in [0.1, 0.15) is 37.4 Å². The molecule has 1 aliphatic heterocycles. The molecule has 0 radical (unpaired) electrons. The van der Waals surface area contributed by atoms with E-state index in [1.807, 2.05) is 6.92 Å². The van der Waals surface area contributed by atoms with E-state index in [2.05, 4.69) is 5.32 Å². The second-order valence-electron chi connectivity index (χ2n) is 6.16. The number of nitrogens with one attached hydrogen (secondary N) is 1. The number of methoxy groups -OCH3 is 1. The van der Waals surface area contributed by atoms with Gasteiger partial charge in [-0.15, -0.1) is 0 Å². The van der Waals surface area contributed by atoms with Gasteiger partial charge in [-0.3, -0.25) is 0 Å². The summed E-state index contributed by atoms with van der Waals surface area (Å²) in [6.45, 7) is 5.10. The lowest BCUT2D eigenvalue weighted by Gasteiger charge is -2.38. The van der Waals surface area contributed by atoms with Crippen molar-refractivity contribution in [2.24, 2.45) is 0 Å². The molecule has 9 heteroatoms. The Morgan fingerprint density at radius 2 is 2.00 bits per heavy atom. The Morgan fingerprint density at radius 1 is 1.32 bits per heavy atom. The van der Waals surface area contributed by atoms with Gasteiger partial charge in [0.25, 0.3) is 0 Å². The number of esters is 1. The van der Waals surface area contributed by atoms with Gasteiger partial charge in [-0.25, -0.2) is 4.79 Å². The highest BCUT2D eigenvalue weighted by molar-refractivity contribution is 7.80. The molecule has 1 aromatic carbocycles. The van der Waals surface area contributed by atoms with Crippen molar-refractivity contribution in [1.82, 2.24) is 10.2 Å². The molecule has 1 heterocycles. The molecule has 5 nitrogen and oxygen atoms in total. The Balaban J connectivity index is 2.48. The number of benzene rings is 1. The van der Waals surface area contributed by atoms with Crippen LogP contribution in [0.2, 0.25) is 0 Å². The molecular formula is C19H23F3N2O3S. The number of carbonyl (C=O) groups excluding carboxylic acids is 1. The molecule has 0 fully saturated rings. The zero-order chi connectivity index (χ0) is 20.9. The number of ether oxygens (including phenoxy) is 2. The van der Waals surface area contributed by atoms with E-state index >= 15 is 0 Å². The van der Waals surface area contributed by atoms with Crippen molar-refractivity contribution in [1.29, 1.82) is 0 Å². The average Bonchev–Trinajstić information content (AvgIpc) is 2.65. The van der Waals surface area contributed by atoms with Gasteiger partial charge >= 0.3 is 12.1 Å². The van der Waals surface area contributed by atoms with Gasteiger partial charge in [0.15, 0.2) is 5.11 Å². The number of hydrogen-bond acceptors (Lipinski definition) is 4. The van der Waals surface area contributed by atoms with Crippen LogP contribution in [0.5, 0.6) is 0 Å². The topological polar surface area (TPSA) is 50.8 Å². The lowest BCUT2D eigenvalue weighted by atomic mass is 9.91. The quantitative estimate of drug-likeness (QED) is 0.415. The van der Waals surface area contributed by atoms with Gasteiger partial charge in [-0.2, -0.15) is 13.2 Å². The zero-order valence-corrected chi connectivity index (χ0v) is 16.7. The van der Waals surface area contributed by atoms with Crippen LogP contribution in [0.15, 0.2) is 35.5 Å². The third kappa shape index (κ3) is 4.82. The molecule has 0 bridgehead atoms. The van der Waals surface area contributed by atoms with Crippen molar-refractivity contribution < 1.29 is 27.4 Å². The molecule has 0 saturated carbocycles. The van der Waals surface area contributed by atoms with Crippen LogP contribution < -0.4 is 5.32 Å². The highest BCUT2D eigenvalue weighted by Crippen LogP contribution is 2.39. The fourth-order valence-electron chi connectivity index (χ4n) is 3.13. The predicted octanol–water partition coefficient (Wildman–Crippen LogP) is 3.81. The second-order valence-corrected chi connectivity index (χ2v) is 6.55. The van der Waals surface area contributed by atoms with E-state index in [0.29, 0.717) is 31.9 Å². The smallest absolute Gasteiger partial charge is 0.416 e. The molecule has 0 amide bonds. The SMILES string of the molecule is CCOCCCN1C(=S)N[C@H](c2ccccc2C(F)(F)F)C(C(=O)OC)=C1C. The lowest BCUT2D eigenvalue weighted by Crippen LogP contribution is -2.48. The van der Waals surface area contributed by atoms with E-state index in [4.69, 9.17) is 21.7 Å². The van der Waals surface area contributed by atoms with Gasteiger partial charge in [0, 0.05) is 25.5 Å². The van der Waals surface area contributed by atoms with Crippen LogP contribution >= 0.6 is 12.2 Å². The predicted molar refractivity (Wildman–Crippen MR) is 102 cm³/mol. The number of rotatable bonds is 7. The number of carbonyl (C=O) groups is 1. The van der Waals surface area contributed by atoms with E-state index in [1.165, 1.54) is 25.3 Å². The van der Waals surface area contributed by atoms with Crippen LogP contribution in [0.4, 0.5) is 13.2 Å². The fourth-order valence-corrected chi connectivity index (χ4v) is 3.48. The van der Waals surface area contributed by atoms with Gasteiger partial charge in [-0.05, 0) is 44.1 Å². The van der Waals surface area contributed by atoms with E-state index in [0.717, 1.165) is 6.07 Å². The number of nitrogens with zero attached hydrogens (tertiary/aromatic N) is 1. The molecule has 1 aromatic rings. The zero-order valence-electron chi connectivity index (χ0n) is 15.9. The standard InChI is InChI=1S/C19H23F3N2O3S/c1-4-27-11-7-10-24-12(2)15(17(25)26-3)16(23-18(24)28)13-8-5-6-9-14(13)19(20,21)22/h5-6,8-9,16H,4,7,10-11H2,1-3H3,(H,23,28)/t16-/m1/s1. The minimum Gasteiger partial charge on any atom is -0.466 e. The van der Waals surface area contributed by atoms with E-state index in [-0.39, 0.29) is 16.2 Å². The van der Waals surface area contributed by atoms with Crippen LogP contribution in [0, 0.1) is 0 Å². The highest BCUT2D eigenvalue weighted by atomic mass is 32.1. The first-order chi connectivity index (χ1) is 13.2.